The molecule has 1 rings (SSSR count). The first-order chi connectivity index (χ1) is 7.01. The number of pyridine rings is 1. The second kappa shape index (κ2) is 4.97. The van der Waals surface area contributed by atoms with Crippen molar-refractivity contribution < 1.29 is 17.9 Å². The van der Waals surface area contributed by atoms with Gasteiger partial charge in [0.25, 0.3) is 0 Å². The molecule has 0 fully saturated rings. The van der Waals surface area contributed by atoms with E-state index in [1.165, 1.54) is 13.3 Å². The molecule has 0 unspecified atom stereocenters. The molecule has 0 aliphatic heterocycles. The van der Waals surface area contributed by atoms with Crippen molar-refractivity contribution in [2.24, 2.45) is 0 Å². The lowest BCUT2D eigenvalue weighted by molar-refractivity contribution is -0.125. The molecule has 1 heterocycles. The van der Waals surface area contributed by atoms with E-state index in [0.717, 1.165) is 0 Å². The molecule has 0 aliphatic carbocycles. The van der Waals surface area contributed by atoms with E-state index in [9.17, 15) is 13.2 Å². The summed E-state index contributed by atoms with van der Waals surface area (Å²) in [5.74, 6) is 0.439. The van der Waals surface area contributed by atoms with Crippen molar-refractivity contribution in [3.8, 4) is 5.88 Å². The van der Waals surface area contributed by atoms with Gasteiger partial charge < -0.3 is 10.1 Å². The lowest BCUT2D eigenvalue weighted by Crippen LogP contribution is -2.28. The van der Waals surface area contributed by atoms with E-state index in [0.29, 0.717) is 11.4 Å². The third-order valence-electron chi connectivity index (χ3n) is 1.66. The van der Waals surface area contributed by atoms with Crippen molar-refractivity contribution >= 4 is 0 Å². The van der Waals surface area contributed by atoms with Crippen molar-refractivity contribution in [3.05, 3.63) is 23.9 Å². The number of nitrogens with zero attached hydrogens (tertiary/aromatic N) is 1. The number of rotatable bonds is 4. The molecule has 0 aliphatic rings. The fourth-order valence-electron chi connectivity index (χ4n) is 0.985. The Bertz CT molecular complexity index is 297. The minimum Gasteiger partial charge on any atom is -0.481 e. The Hall–Kier alpha value is -1.30. The minimum absolute atomic E-state index is 0.135. The van der Waals surface area contributed by atoms with Crippen molar-refractivity contribution in [2.75, 3.05) is 13.7 Å². The summed E-state index contributed by atoms with van der Waals surface area (Å²) in [6.07, 6.45) is -2.71. The van der Waals surface area contributed by atoms with Gasteiger partial charge in [-0.05, 0) is 5.56 Å². The molecule has 0 atom stereocenters. The van der Waals surface area contributed by atoms with Gasteiger partial charge in [-0.25, -0.2) is 4.98 Å². The summed E-state index contributed by atoms with van der Waals surface area (Å²) in [5, 5.41) is 2.27. The van der Waals surface area contributed by atoms with Crippen molar-refractivity contribution in [3.63, 3.8) is 0 Å². The lowest BCUT2D eigenvalue weighted by atomic mass is 10.3. The van der Waals surface area contributed by atoms with Crippen LogP contribution in [0.2, 0.25) is 0 Å². The maximum Gasteiger partial charge on any atom is 0.401 e. The molecular weight excluding hydrogens is 209 g/mol. The lowest BCUT2D eigenvalue weighted by Gasteiger charge is -2.08. The summed E-state index contributed by atoms with van der Waals surface area (Å²) in [6, 6.07) is 3.26. The maximum absolute atomic E-state index is 11.8. The van der Waals surface area contributed by atoms with Gasteiger partial charge in [-0.2, -0.15) is 13.2 Å². The Morgan fingerprint density at radius 2 is 2.13 bits per heavy atom. The highest BCUT2D eigenvalue weighted by Crippen LogP contribution is 2.13. The molecule has 0 amide bonds. The predicted octanol–water partition coefficient (Wildman–Crippen LogP) is 1.74. The van der Waals surface area contributed by atoms with Gasteiger partial charge in [0.2, 0.25) is 5.88 Å². The van der Waals surface area contributed by atoms with Crippen LogP contribution in [0, 0.1) is 0 Å². The van der Waals surface area contributed by atoms with Gasteiger partial charge in [-0.3, -0.25) is 0 Å². The maximum atomic E-state index is 11.8. The van der Waals surface area contributed by atoms with Gasteiger partial charge in [0, 0.05) is 18.8 Å². The summed E-state index contributed by atoms with van der Waals surface area (Å²) >= 11 is 0. The first-order valence-corrected chi connectivity index (χ1v) is 4.27. The Balaban J connectivity index is 2.38. The van der Waals surface area contributed by atoms with Crippen LogP contribution >= 0.6 is 0 Å². The molecule has 1 N–H and O–H groups in total. The normalized spacial score (nSPS) is 11.5. The molecule has 3 nitrogen and oxygen atoms in total. The third kappa shape index (κ3) is 4.64. The summed E-state index contributed by atoms with van der Waals surface area (Å²) in [7, 11) is 1.48. The Kier molecular flexibility index (Phi) is 3.90. The number of methoxy groups -OCH3 is 1. The van der Waals surface area contributed by atoms with Gasteiger partial charge in [0.1, 0.15) is 0 Å². The first-order valence-electron chi connectivity index (χ1n) is 4.27. The highest BCUT2D eigenvalue weighted by molar-refractivity contribution is 5.17. The van der Waals surface area contributed by atoms with Crippen LogP contribution in [-0.4, -0.2) is 24.8 Å². The zero-order valence-corrected chi connectivity index (χ0v) is 8.14. The first kappa shape index (κ1) is 11.8. The van der Waals surface area contributed by atoms with Crippen LogP contribution in [0.5, 0.6) is 5.88 Å². The van der Waals surface area contributed by atoms with E-state index < -0.39 is 12.7 Å². The van der Waals surface area contributed by atoms with E-state index in [-0.39, 0.29) is 6.54 Å². The van der Waals surface area contributed by atoms with Crippen molar-refractivity contribution in [1.82, 2.24) is 10.3 Å². The average molecular weight is 220 g/mol. The average Bonchev–Trinajstić information content (AvgIpc) is 2.17. The van der Waals surface area contributed by atoms with Crippen molar-refractivity contribution in [1.29, 1.82) is 0 Å². The number of alkyl halides is 3. The number of ether oxygens (including phenoxy) is 1. The summed E-state index contributed by atoms with van der Waals surface area (Å²) in [4.78, 5) is 3.87. The number of halogens is 3. The van der Waals surface area contributed by atoms with Gasteiger partial charge in [-0.15, -0.1) is 0 Å². The van der Waals surface area contributed by atoms with E-state index in [4.69, 9.17) is 4.74 Å². The van der Waals surface area contributed by atoms with Gasteiger partial charge >= 0.3 is 6.18 Å². The molecule has 0 saturated heterocycles. The second-order valence-corrected chi connectivity index (χ2v) is 2.93. The quantitative estimate of drug-likeness (QED) is 0.839. The monoisotopic (exact) mass is 220 g/mol. The SMILES string of the molecule is COc1ccc(CNCC(F)(F)F)cn1. The zero-order chi connectivity index (χ0) is 11.3. The molecule has 6 heteroatoms. The van der Waals surface area contributed by atoms with E-state index in [2.05, 4.69) is 10.3 Å². The van der Waals surface area contributed by atoms with E-state index >= 15 is 0 Å². The molecule has 0 aromatic carbocycles. The Morgan fingerprint density at radius 1 is 1.40 bits per heavy atom. The minimum atomic E-state index is -4.18. The van der Waals surface area contributed by atoms with Crippen LogP contribution in [0.3, 0.4) is 0 Å². The summed E-state index contributed by atoms with van der Waals surface area (Å²) < 4.78 is 40.2. The molecule has 0 radical (unpaired) electrons. The number of aromatic nitrogens is 1. The van der Waals surface area contributed by atoms with Crippen LogP contribution < -0.4 is 10.1 Å². The standard InChI is InChI=1S/C9H11F3N2O/c1-15-8-3-2-7(5-14-8)4-13-6-9(10,11)12/h2-3,5,13H,4,6H2,1H3. The van der Waals surface area contributed by atoms with Gasteiger partial charge in [-0.1, -0.05) is 6.07 Å². The largest absolute Gasteiger partial charge is 0.481 e. The highest BCUT2D eigenvalue weighted by atomic mass is 19.4. The van der Waals surface area contributed by atoms with Crippen molar-refractivity contribution in [2.45, 2.75) is 12.7 Å². The third-order valence-corrected chi connectivity index (χ3v) is 1.66. The fourth-order valence-corrected chi connectivity index (χ4v) is 0.985. The molecule has 15 heavy (non-hydrogen) atoms. The van der Waals surface area contributed by atoms with Crippen LogP contribution in [-0.2, 0) is 6.54 Å². The van der Waals surface area contributed by atoms with Crippen LogP contribution in [0.15, 0.2) is 18.3 Å². The summed E-state index contributed by atoms with van der Waals surface area (Å²) in [5.41, 5.74) is 0.681. The van der Waals surface area contributed by atoms with Gasteiger partial charge in [0.15, 0.2) is 0 Å². The molecule has 0 saturated carbocycles. The Morgan fingerprint density at radius 3 is 2.60 bits per heavy atom. The molecule has 1 aromatic rings. The van der Waals surface area contributed by atoms with Crippen LogP contribution in [0.1, 0.15) is 5.56 Å². The molecule has 0 bridgehead atoms. The zero-order valence-electron chi connectivity index (χ0n) is 8.14. The number of hydrogen-bond donors (Lipinski definition) is 1. The molecule has 0 spiro atoms. The van der Waals surface area contributed by atoms with Gasteiger partial charge in [0.05, 0.1) is 13.7 Å². The van der Waals surface area contributed by atoms with E-state index in [1.54, 1.807) is 12.1 Å². The van der Waals surface area contributed by atoms with Crippen LogP contribution in [0.25, 0.3) is 0 Å². The molecule has 1 aromatic heterocycles. The predicted molar refractivity (Wildman–Crippen MR) is 48.6 cm³/mol. The fraction of sp³-hybridized carbons (Fsp3) is 0.444. The van der Waals surface area contributed by atoms with Crippen LogP contribution in [0.4, 0.5) is 13.2 Å². The second-order valence-electron chi connectivity index (χ2n) is 2.93. The smallest absolute Gasteiger partial charge is 0.401 e. The summed E-state index contributed by atoms with van der Waals surface area (Å²) in [6.45, 7) is -0.866. The number of nitrogens with one attached hydrogen (secondary N) is 1. The molecule has 84 valence electrons. The molecular formula is C9H11F3N2O. The highest BCUT2D eigenvalue weighted by Gasteiger charge is 2.25. The number of hydrogen-bond acceptors (Lipinski definition) is 3. The topological polar surface area (TPSA) is 34.1 Å². The van der Waals surface area contributed by atoms with E-state index in [1.807, 2.05) is 0 Å². The Labute approximate surface area is 85.3 Å².